The topological polar surface area (TPSA) is 6.48 Å². The molecule has 2 aliphatic heterocycles. The Kier molecular flexibility index (Phi) is 3.51. The molecule has 0 N–H and O–H groups in total. The number of hydrogen-bond donors (Lipinski definition) is 0. The molecular formula is C26H26N2. The monoisotopic (exact) mass is 366 g/mol. The molecule has 0 spiro atoms. The molecule has 0 bridgehead atoms. The molecule has 2 heteroatoms. The lowest BCUT2D eigenvalue weighted by Gasteiger charge is -2.56. The Morgan fingerprint density at radius 3 is 1.89 bits per heavy atom. The third-order valence-electron chi connectivity index (χ3n) is 7.04. The predicted molar refractivity (Wildman–Crippen MR) is 119 cm³/mol. The van der Waals surface area contributed by atoms with Crippen LogP contribution in [0, 0.1) is 5.41 Å². The van der Waals surface area contributed by atoms with Crippen LogP contribution in [0.4, 0.5) is 22.7 Å². The van der Waals surface area contributed by atoms with E-state index < -0.39 is 0 Å². The molecular weight excluding hydrogens is 340 g/mol. The summed E-state index contributed by atoms with van der Waals surface area (Å²) in [6.45, 7) is 11.4. The SMILES string of the molecule is C=CC1(C)c2ccccc2N2c3ccccc3N(c3ccccc3)C2C1(C)C. The number of anilines is 4. The van der Waals surface area contributed by atoms with Gasteiger partial charge < -0.3 is 9.80 Å². The molecule has 0 saturated carbocycles. The fraction of sp³-hybridized carbons (Fsp3) is 0.231. The summed E-state index contributed by atoms with van der Waals surface area (Å²) in [5.74, 6) is 0. The predicted octanol–water partition coefficient (Wildman–Crippen LogP) is 6.79. The molecule has 28 heavy (non-hydrogen) atoms. The van der Waals surface area contributed by atoms with Gasteiger partial charge in [-0.25, -0.2) is 0 Å². The van der Waals surface area contributed by atoms with Crippen molar-refractivity contribution in [3.05, 3.63) is 97.1 Å². The lowest BCUT2D eigenvalue weighted by molar-refractivity contribution is 0.171. The van der Waals surface area contributed by atoms with Crippen molar-refractivity contribution in [1.82, 2.24) is 0 Å². The summed E-state index contributed by atoms with van der Waals surface area (Å²) in [6, 6.07) is 28.3. The highest BCUT2D eigenvalue weighted by Crippen LogP contribution is 2.62. The van der Waals surface area contributed by atoms with Gasteiger partial charge in [-0.15, -0.1) is 6.58 Å². The Morgan fingerprint density at radius 1 is 0.714 bits per heavy atom. The number of para-hydroxylation sites is 4. The van der Waals surface area contributed by atoms with Gasteiger partial charge in [-0.1, -0.05) is 75.4 Å². The normalized spacial score (nSPS) is 24.3. The highest BCUT2D eigenvalue weighted by atomic mass is 15.4. The third-order valence-corrected chi connectivity index (χ3v) is 7.04. The van der Waals surface area contributed by atoms with Crippen molar-refractivity contribution in [2.24, 2.45) is 5.41 Å². The van der Waals surface area contributed by atoms with Crippen molar-refractivity contribution in [3.8, 4) is 0 Å². The Hall–Kier alpha value is -3.00. The van der Waals surface area contributed by atoms with Gasteiger partial charge in [0.1, 0.15) is 6.17 Å². The fourth-order valence-corrected chi connectivity index (χ4v) is 5.14. The minimum absolute atomic E-state index is 0.0854. The average Bonchev–Trinajstić information content (AvgIpc) is 3.09. The van der Waals surface area contributed by atoms with Gasteiger partial charge in [0.05, 0.1) is 11.4 Å². The Morgan fingerprint density at radius 2 is 1.25 bits per heavy atom. The van der Waals surface area contributed by atoms with Crippen LogP contribution in [0.15, 0.2) is 91.5 Å². The van der Waals surface area contributed by atoms with Crippen LogP contribution in [-0.4, -0.2) is 6.17 Å². The highest BCUT2D eigenvalue weighted by Gasteiger charge is 2.58. The van der Waals surface area contributed by atoms with Crippen LogP contribution >= 0.6 is 0 Å². The first-order valence-corrected chi connectivity index (χ1v) is 9.96. The molecule has 0 aromatic heterocycles. The molecule has 2 heterocycles. The summed E-state index contributed by atoms with van der Waals surface area (Å²) in [4.78, 5) is 5.04. The van der Waals surface area contributed by atoms with Gasteiger partial charge >= 0.3 is 0 Å². The molecule has 5 rings (SSSR count). The minimum atomic E-state index is -0.153. The summed E-state index contributed by atoms with van der Waals surface area (Å²) < 4.78 is 0. The first-order chi connectivity index (χ1) is 13.5. The number of fused-ring (bicyclic) bond motifs is 5. The van der Waals surface area contributed by atoms with Crippen LogP contribution < -0.4 is 9.80 Å². The fourth-order valence-electron chi connectivity index (χ4n) is 5.14. The van der Waals surface area contributed by atoms with E-state index >= 15 is 0 Å². The van der Waals surface area contributed by atoms with Crippen molar-refractivity contribution in [3.63, 3.8) is 0 Å². The number of nitrogens with zero attached hydrogens (tertiary/aromatic N) is 2. The highest BCUT2D eigenvalue weighted by molar-refractivity contribution is 5.91. The van der Waals surface area contributed by atoms with Gasteiger partial charge in [0.25, 0.3) is 0 Å². The largest absolute Gasteiger partial charge is 0.318 e. The molecule has 0 fully saturated rings. The molecule has 3 aromatic rings. The van der Waals surface area contributed by atoms with Gasteiger partial charge in [-0.3, -0.25) is 0 Å². The van der Waals surface area contributed by atoms with Crippen molar-refractivity contribution in [2.75, 3.05) is 9.80 Å². The van der Waals surface area contributed by atoms with E-state index in [4.69, 9.17) is 0 Å². The van der Waals surface area contributed by atoms with Crippen LogP contribution in [-0.2, 0) is 5.41 Å². The van der Waals surface area contributed by atoms with Crippen LogP contribution in [0.1, 0.15) is 26.3 Å². The van der Waals surface area contributed by atoms with Crippen molar-refractivity contribution in [1.29, 1.82) is 0 Å². The summed E-state index contributed by atoms with van der Waals surface area (Å²) in [7, 11) is 0. The minimum Gasteiger partial charge on any atom is -0.318 e. The maximum Gasteiger partial charge on any atom is 0.117 e. The van der Waals surface area contributed by atoms with E-state index in [-0.39, 0.29) is 17.0 Å². The maximum atomic E-state index is 4.27. The number of allylic oxidation sites excluding steroid dienone is 1. The van der Waals surface area contributed by atoms with E-state index in [1.54, 1.807) is 0 Å². The summed E-state index contributed by atoms with van der Waals surface area (Å²) in [5, 5.41) is 0. The van der Waals surface area contributed by atoms with E-state index in [2.05, 4.69) is 122 Å². The first kappa shape index (κ1) is 17.1. The van der Waals surface area contributed by atoms with E-state index in [1.165, 1.54) is 28.3 Å². The third kappa shape index (κ3) is 1.98. The molecule has 0 saturated heterocycles. The summed E-state index contributed by atoms with van der Waals surface area (Å²) in [5.41, 5.74) is 6.13. The van der Waals surface area contributed by atoms with Gasteiger partial charge in [-0.2, -0.15) is 0 Å². The second kappa shape index (κ2) is 5.75. The average molecular weight is 367 g/mol. The van der Waals surface area contributed by atoms with Gasteiger partial charge in [0.15, 0.2) is 0 Å². The lowest BCUT2D eigenvalue weighted by atomic mass is 9.58. The number of rotatable bonds is 2. The van der Waals surface area contributed by atoms with Crippen molar-refractivity contribution in [2.45, 2.75) is 32.4 Å². The summed E-state index contributed by atoms with van der Waals surface area (Å²) in [6.07, 6.45) is 2.31. The Balaban J connectivity index is 1.86. The van der Waals surface area contributed by atoms with Crippen LogP contribution in [0.25, 0.3) is 0 Å². The molecule has 0 amide bonds. The first-order valence-electron chi connectivity index (χ1n) is 9.96. The van der Waals surface area contributed by atoms with E-state index in [1.807, 2.05) is 0 Å². The second-order valence-electron chi connectivity index (χ2n) is 8.58. The Labute approximate surface area is 167 Å². The van der Waals surface area contributed by atoms with Crippen molar-refractivity contribution < 1.29 is 0 Å². The van der Waals surface area contributed by atoms with Gasteiger partial charge in [-0.05, 0) is 35.9 Å². The zero-order valence-electron chi connectivity index (χ0n) is 16.8. The standard InChI is InChI=1S/C26H26N2/c1-5-26(4)20-15-9-10-16-21(20)28-23-18-12-11-17-22(23)27(24(28)25(26,2)3)19-13-7-6-8-14-19/h5-18,24H,1H2,2-4H3. The molecule has 0 radical (unpaired) electrons. The Bertz CT molecular complexity index is 1050. The zero-order valence-corrected chi connectivity index (χ0v) is 16.8. The van der Waals surface area contributed by atoms with Crippen LogP contribution in [0.5, 0.6) is 0 Å². The van der Waals surface area contributed by atoms with Crippen molar-refractivity contribution >= 4 is 22.7 Å². The van der Waals surface area contributed by atoms with Gasteiger partial charge in [0, 0.05) is 22.2 Å². The smallest absolute Gasteiger partial charge is 0.117 e. The number of benzene rings is 3. The zero-order chi connectivity index (χ0) is 19.5. The van der Waals surface area contributed by atoms with Crippen LogP contribution in [0.2, 0.25) is 0 Å². The van der Waals surface area contributed by atoms with E-state index in [0.717, 1.165) is 0 Å². The molecule has 2 aliphatic rings. The van der Waals surface area contributed by atoms with E-state index in [0.29, 0.717) is 0 Å². The molecule has 0 aliphatic carbocycles. The molecule has 2 atom stereocenters. The molecule has 2 unspecified atom stereocenters. The summed E-state index contributed by atoms with van der Waals surface area (Å²) >= 11 is 0. The molecule has 3 aromatic carbocycles. The second-order valence-corrected chi connectivity index (χ2v) is 8.58. The molecule has 140 valence electrons. The molecule has 2 nitrogen and oxygen atoms in total. The number of hydrogen-bond acceptors (Lipinski definition) is 2. The van der Waals surface area contributed by atoms with Gasteiger partial charge in [0.2, 0.25) is 0 Å². The van der Waals surface area contributed by atoms with Crippen LogP contribution in [0.3, 0.4) is 0 Å². The lowest BCUT2D eigenvalue weighted by Crippen LogP contribution is -2.60. The quantitative estimate of drug-likeness (QED) is 0.461. The maximum absolute atomic E-state index is 4.27. The van der Waals surface area contributed by atoms with E-state index in [9.17, 15) is 0 Å².